The molecule has 0 bridgehead atoms. The molecule has 0 heterocycles. The van der Waals surface area contributed by atoms with Gasteiger partial charge in [0.25, 0.3) is 7.82 Å². The van der Waals surface area contributed by atoms with E-state index in [0.717, 1.165) is 13.8 Å². The van der Waals surface area contributed by atoms with Gasteiger partial charge in [0.2, 0.25) is 5.91 Å². The van der Waals surface area contributed by atoms with Gasteiger partial charge in [0, 0.05) is 33.0 Å². The topological polar surface area (TPSA) is 200 Å². The maximum Gasteiger partial charge on any atom is 0.315 e. The van der Waals surface area contributed by atoms with Crippen LogP contribution in [-0.2, 0) is 46.9 Å². The maximum atomic E-state index is 11.8. The molecule has 0 spiro atoms. The summed E-state index contributed by atoms with van der Waals surface area (Å²) in [4.78, 5) is 56.6. The summed E-state index contributed by atoms with van der Waals surface area (Å²) in [6, 6.07) is -0.252. The minimum atomic E-state index is -4.76. The zero-order chi connectivity index (χ0) is 26.7. The Morgan fingerprint density at radius 1 is 0.857 bits per heavy atom. The Hall–Kier alpha value is -2.29. The van der Waals surface area contributed by atoms with Gasteiger partial charge < -0.3 is 48.8 Å². The summed E-state index contributed by atoms with van der Waals surface area (Å²) in [6.45, 7) is 5.06. The first-order chi connectivity index (χ1) is 16.4. The van der Waals surface area contributed by atoms with Crippen LogP contribution in [0.2, 0.25) is 0 Å². The Kier molecular flexibility index (Phi) is 17.7. The first kappa shape index (κ1) is 32.7. The molecule has 1 unspecified atom stereocenters. The Labute approximate surface area is 204 Å². The highest BCUT2D eigenvalue weighted by molar-refractivity contribution is 7.45. The molecule has 0 saturated carbocycles. The van der Waals surface area contributed by atoms with Crippen molar-refractivity contribution in [2.75, 3.05) is 59.3 Å². The van der Waals surface area contributed by atoms with Gasteiger partial charge in [0.1, 0.15) is 13.2 Å². The summed E-state index contributed by atoms with van der Waals surface area (Å²) in [7, 11) is -4.76. The number of nitrogens with one attached hydrogen (secondary N) is 3. The molecule has 0 aliphatic rings. The average Bonchev–Trinajstić information content (AvgIpc) is 2.74. The van der Waals surface area contributed by atoms with Crippen molar-refractivity contribution in [3.8, 4) is 0 Å². The van der Waals surface area contributed by atoms with E-state index in [9.17, 15) is 28.6 Å². The second-order valence-corrected chi connectivity index (χ2v) is 8.59. The van der Waals surface area contributed by atoms with Crippen LogP contribution < -0.4 is 20.8 Å². The highest BCUT2D eigenvalue weighted by Crippen LogP contribution is 2.38. The fraction of sp³-hybridized carbons (Fsp3) is 0.789. The van der Waals surface area contributed by atoms with Crippen LogP contribution >= 0.6 is 7.82 Å². The molecule has 204 valence electrons. The van der Waals surface area contributed by atoms with Crippen LogP contribution in [0.1, 0.15) is 27.7 Å². The van der Waals surface area contributed by atoms with Crippen LogP contribution in [0, 0.1) is 0 Å². The molecule has 0 aliphatic carbocycles. The van der Waals surface area contributed by atoms with E-state index in [0.29, 0.717) is 6.54 Å². The number of hydrogen-bond donors (Lipinski definition) is 3. The van der Waals surface area contributed by atoms with Gasteiger partial charge in [-0.3, -0.25) is 18.9 Å². The van der Waals surface area contributed by atoms with E-state index in [1.54, 1.807) is 0 Å². The van der Waals surface area contributed by atoms with E-state index in [1.165, 1.54) is 0 Å². The zero-order valence-corrected chi connectivity index (χ0v) is 21.3. The minimum Gasteiger partial charge on any atom is -0.756 e. The molecule has 3 N–H and O–H groups in total. The largest absolute Gasteiger partial charge is 0.756 e. The Morgan fingerprint density at radius 3 is 2.14 bits per heavy atom. The number of ether oxygens (including phenoxy) is 4. The molecular formula is C19H35N3O12P-. The van der Waals surface area contributed by atoms with E-state index in [4.69, 9.17) is 14.2 Å². The SMILES string of the molecule is CC(=O)OC[C@H](COP(=O)([O-])OCCNC(=O)COCCOCCNC(=O)NC(C)C)OC(C)=O. The molecular weight excluding hydrogens is 493 g/mol. The van der Waals surface area contributed by atoms with Crippen molar-refractivity contribution < 1.29 is 56.6 Å². The highest BCUT2D eigenvalue weighted by Gasteiger charge is 2.19. The fourth-order valence-corrected chi connectivity index (χ4v) is 2.84. The number of rotatable bonds is 19. The van der Waals surface area contributed by atoms with Crippen LogP contribution in [0.15, 0.2) is 0 Å². The smallest absolute Gasteiger partial charge is 0.315 e. The van der Waals surface area contributed by atoms with Crippen LogP contribution in [0.25, 0.3) is 0 Å². The van der Waals surface area contributed by atoms with Gasteiger partial charge >= 0.3 is 18.0 Å². The lowest BCUT2D eigenvalue weighted by Gasteiger charge is -2.25. The lowest BCUT2D eigenvalue weighted by Crippen LogP contribution is -2.40. The molecule has 2 atom stereocenters. The molecule has 3 amide bonds. The summed E-state index contributed by atoms with van der Waals surface area (Å²) in [5.74, 6) is -1.86. The molecule has 0 fully saturated rings. The molecule has 0 aromatic heterocycles. The first-order valence-electron chi connectivity index (χ1n) is 10.8. The minimum absolute atomic E-state index is 0.0338. The second kappa shape index (κ2) is 19.0. The third-order valence-corrected chi connectivity index (χ3v) is 4.42. The quantitative estimate of drug-likeness (QED) is 0.103. The second-order valence-electron chi connectivity index (χ2n) is 7.18. The fourth-order valence-electron chi connectivity index (χ4n) is 2.11. The van der Waals surface area contributed by atoms with Gasteiger partial charge in [0.15, 0.2) is 6.10 Å². The average molecular weight is 528 g/mol. The van der Waals surface area contributed by atoms with Crippen LogP contribution in [-0.4, -0.2) is 95.4 Å². The van der Waals surface area contributed by atoms with E-state index < -0.39 is 45.0 Å². The number of carbonyl (C=O) groups excluding carboxylic acids is 4. The number of esters is 2. The molecule has 0 aromatic carbocycles. The van der Waals surface area contributed by atoms with Crippen molar-refractivity contribution in [2.45, 2.75) is 39.8 Å². The predicted molar refractivity (Wildman–Crippen MR) is 118 cm³/mol. The third kappa shape index (κ3) is 21.9. The lowest BCUT2D eigenvalue weighted by atomic mass is 10.4. The van der Waals surface area contributed by atoms with Crippen molar-refractivity contribution in [1.82, 2.24) is 16.0 Å². The Balaban J connectivity index is 3.86. The molecule has 35 heavy (non-hydrogen) atoms. The number of urea groups is 1. The number of phosphoric ester groups is 1. The van der Waals surface area contributed by atoms with Gasteiger partial charge in [0.05, 0.1) is 33.0 Å². The summed E-state index contributed by atoms with van der Waals surface area (Å²) >= 11 is 0. The highest BCUT2D eigenvalue weighted by atomic mass is 31.2. The molecule has 16 heteroatoms. The van der Waals surface area contributed by atoms with Crippen LogP contribution in [0.3, 0.4) is 0 Å². The van der Waals surface area contributed by atoms with Crippen molar-refractivity contribution in [3.63, 3.8) is 0 Å². The van der Waals surface area contributed by atoms with Crippen molar-refractivity contribution >= 4 is 31.7 Å². The number of hydrogen-bond acceptors (Lipinski definition) is 12. The summed E-state index contributed by atoms with van der Waals surface area (Å²) < 4.78 is 40.8. The van der Waals surface area contributed by atoms with Gasteiger partial charge in [-0.15, -0.1) is 0 Å². The monoisotopic (exact) mass is 528 g/mol. The van der Waals surface area contributed by atoms with Gasteiger partial charge in [-0.2, -0.15) is 0 Å². The molecule has 0 aliphatic heterocycles. The molecule has 0 saturated heterocycles. The normalized spacial score (nSPS) is 13.4. The van der Waals surface area contributed by atoms with Crippen molar-refractivity contribution in [1.29, 1.82) is 0 Å². The van der Waals surface area contributed by atoms with E-state index in [-0.39, 0.29) is 51.7 Å². The summed E-state index contributed by atoms with van der Waals surface area (Å²) in [5.41, 5.74) is 0. The van der Waals surface area contributed by atoms with Crippen LogP contribution in [0.4, 0.5) is 4.79 Å². The van der Waals surface area contributed by atoms with Gasteiger partial charge in [-0.1, -0.05) is 0 Å². The number of phosphoric acid groups is 1. The summed E-state index contributed by atoms with van der Waals surface area (Å²) in [6.07, 6.45) is -1.14. The third-order valence-electron chi connectivity index (χ3n) is 3.45. The predicted octanol–water partition coefficient (Wildman–Crippen LogP) is -1.16. The molecule has 15 nitrogen and oxygen atoms in total. The number of amides is 3. The Morgan fingerprint density at radius 2 is 1.51 bits per heavy atom. The van der Waals surface area contributed by atoms with Crippen LogP contribution in [0.5, 0.6) is 0 Å². The lowest BCUT2D eigenvalue weighted by molar-refractivity contribution is -0.228. The summed E-state index contributed by atoms with van der Waals surface area (Å²) in [5, 5.41) is 7.67. The molecule has 0 radical (unpaired) electrons. The zero-order valence-electron chi connectivity index (χ0n) is 20.4. The standard InChI is InChI=1S/C19H36N3O12P/c1-14(2)22-19(26)21-5-7-29-9-10-30-13-18(25)20-6-8-32-35(27,28)33-12-17(34-16(4)24)11-31-15(3)23/h14,17H,5-13H2,1-4H3,(H,20,25)(H,27,28)(H2,21,22,26)/p-1/t17-/m1/s1. The van der Waals surface area contributed by atoms with Crippen molar-refractivity contribution in [2.24, 2.45) is 0 Å². The first-order valence-corrected chi connectivity index (χ1v) is 12.2. The van der Waals surface area contributed by atoms with Crippen molar-refractivity contribution in [3.05, 3.63) is 0 Å². The Bertz CT molecular complexity index is 707. The van der Waals surface area contributed by atoms with E-state index in [1.807, 2.05) is 13.8 Å². The van der Waals surface area contributed by atoms with Gasteiger partial charge in [-0.25, -0.2) is 4.79 Å². The molecule has 0 rings (SSSR count). The maximum absolute atomic E-state index is 11.8. The van der Waals surface area contributed by atoms with E-state index in [2.05, 4.69) is 29.7 Å². The number of carbonyl (C=O) groups is 4. The van der Waals surface area contributed by atoms with Gasteiger partial charge in [-0.05, 0) is 13.8 Å². The van der Waals surface area contributed by atoms with E-state index >= 15 is 0 Å². The molecule has 0 aromatic rings.